The van der Waals surface area contributed by atoms with Crippen molar-refractivity contribution in [2.45, 2.75) is 97.4 Å². The number of H-pyrrole nitrogens is 1. The SMILES string of the molecule is CCc1ccccc1-c1ccccc1CN[C@@H](CC(C)C)C(=O)C(=O)[C@H](Cc1cnc[nH]1)NC(=O)C(CC(N)=O)NC(=O)[C@H](CC(C)C)NN. The van der Waals surface area contributed by atoms with Gasteiger partial charge in [-0.2, -0.15) is 0 Å². The number of rotatable bonds is 21. The van der Waals surface area contributed by atoms with E-state index in [1.165, 1.54) is 18.1 Å². The molecule has 0 aliphatic heterocycles. The normalized spacial score (nSPS) is 13.8. The molecule has 4 atom stereocenters. The summed E-state index contributed by atoms with van der Waals surface area (Å²) in [5.41, 5.74) is 12.6. The van der Waals surface area contributed by atoms with Crippen molar-refractivity contribution in [3.8, 4) is 11.1 Å². The van der Waals surface area contributed by atoms with Gasteiger partial charge in [-0.15, -0.1) is 0 Å². The molecule has 0 radical (unpaired) electrons. The molecule has 2 aromatic carbocycles. The third kappa shape index (κ3) is 11.7. The zero-order valence-corrected chi connectivity index (χ0v) is 29.6. The Labute approximate surface area is 294 Å². The first-order valence-electron chi connectivity index (χ1n) is 17.1. The Hall–Kier alpha value is -4.72. The number of amides is 3. The molecule has 50 heavy (non-hydrogen) atoms. The number of hydrogen-bond donors (Lipinski definition) is 7. The number of aromatic nitrogens is 2. The number of hydrogen-bond acceptors (Lipinski definition) is 9. The Morgan fingerprint density at radius 1 is 0.760 bits per heavy atom. The van der Waals surface area contributed by atoms with E-state index in [1.54, 1.807) is 0 Å². The molecule has 0 bridgehead atoms. The Bertz CT molecular complexity index is 1590. The molecule has 13 nitrogen and oxygen atoms in total. The van der Waals surface area contributed by atoms with Crippen molar-refractivity contribution in [2.75, 3.05) is 0 Å². The van der Waals surface area contributed by atoms with Crippen LogP contribution in [-0.2, 0) is 43.4 Å². The number of hydrazine groups is 1. The molecule has 13 heteroatoms. The largest absolute Gasteiger partial charge is 0.370 e. The van der Waals surface area contributed by atoms with Gasteiger partial charge in [-0.1, -0.05) is 83.1 Å². The fraction of sp³-hybridized carbons (Fsp3) is 0.459. The van der Waals surface area contributed by atoms with E-state index in [9.17, 15) is 24.0 Å². The number of nitrogens with zero attached hydrogens (tertiary/aromatic N) is 1. The number of aromatic amines is 1. The molecule has 270 valence electrons. The molecular weight excluding hydrogens is 636 g/mol. The number of imidazole rings is 1. The summed E-state index contributed by atoms with van der Waals surface area (Å²) in [5.74, 6) is 1.90. The number of Topliss-reactive ketones (excluding diaryl/α,β-unsaturated/α-hetero) is 2. The second-order valence-electron chi connectivity index (χ2n) is 13.4. The smallest absolute Gasteiger partial charge is 0.243 e. The summed E-state index contributed by atoms with van der Waals surface area (Å²) in [6, 6.07) is 11.7. The molecule has 0 saturated carbocycles. The Morgan fingerprint density at radius 2 is 1.30 bits per heavy atom. The molecule has 3 rings (SSSR count). The lowest BCUT2D eigenvalue weighted by molar-refractivity contribution is -0.140. The van der Waals surface area contributed by atoms with Crippen LogP contribution in [0.5, 0.6) is 0 Å². The van der Waals surface area contributed by atoms with E-state index in [0.29, 0.717) is 25.1 Å². The van der Waals surface area contributed by atoms with Gasteiger partial charge in [0.2, 0.25) is 29.3 Å². The first kappa shape index (κ1) is 39.7. The molecule has 9 N–H and O–H groups in total. The lowest BCUT2D eigenvalue weighted by atomic mass is 9.92. The first-order valence-corrected chi connectivity index (χ1v) is 17.1. The minimum absolute atomic E-state index is 0.0612. The van der Waals surface area contributed by atoms with E-state index >= 15 is 0 Å². The average Bonchev–Trinajstić information content (AvgIpc) is 3.60. The highest BCUT2D eigenvalue weighted by molar-refractivity contribution is 6.41. The summed E-state index contributed by atoms with van der Waals surface area (Å²) < 4.78 is 0. The van der Waals surface area contributed by atoms with Gasteiger partial charge in [0, 0.05) is 24.9 Å². The Kier molecular flexibility index (Phi) is 15.5. The van der Waals surface area contributed by atoms with Gasteiger partial charge in [-0.05, 0) is 53.4 Å². The van der Waals surface area contributed by atoms with E-state index in [0.717, 1.165) is 23.1 Å². The van der Waals surface area contributed by atoms with E-state index in [1.807, 2.05) is 64.1 Å². The molecule has 0 aliphatic carbocycles. The maximum atomic E-state index is 14.0. The standard InChI is InChI=1S/C37H52N8O5/c1-6-24-11-7-9-13-27(24)28-14-10-8-12-25(28)19-41-29(15-22(2)3)34(47)35(48)30(17-26-20-40-21-42-26)43-36(49)31(18-33(38)46)44-37(50)32(45-39)16-23(4)5/h7-14,20-23,29-32,41,45H,6,15-19,39H2,1-5H3,(H2,38,46)(H,40,42)(H,43,49)(H,44,50)/t29-,30-,31?,32-/m0/s1. The lowest BCUT2D eigenvalue weighted by Gasteiger charge is -2.26. The fourth-order valence-electron chi connectivity index (χ4n) is 5.86. The third-order valence-corrected chi connectivity index (χ3v) is 8.39. The molecule has 1 aromatic heterocycles. The maximum Gasteiger partial charge on any atom is 0.243 e. The van der Waals surface area contributed by atoms with Crippen LogP contribution >= 0.6 is 0 Å². The Morgan fingerprint density at radius 3 is 1.86 bits per heavy atom. The highest BCUT2D eigenvalue weighted by atomic mass is 16.2. The van der Waals surface area contributed by atoms with Gasteiger partial charge in [-0.3, -0.25) is 29.8 Å². The maximum absolute atomic E-state index is 14.0. The van der Waals surface area contributed by atoms with Crippen LogP contribution in [0.1, 0.15) is 70.7 Å². The summed E-state index contributed by atoms with van der Waals surface area (Å²) in [4.78, 5) is 73.4. The molecule has 0 aliphatic rings. The van der Waals surface area contributed by atoms with Crippen LogP contribution in [-0.4, -0.2) is 63.4 Å². The first-order chi connectivity index (χ1) is 23.8. The highest BCUT2D eigenvalue weighted by Crippen LogP contribution is 2.28. The van der Waals surface area contributed by atoms with Gasteiger partial charge in [0.25, 0.3) is 0 Å². The fourth-order valence-corrected chi connectivity index (χ4v) is 5.86. The summed E-state index contributed by atoms with van der Waals surface area (Å²) in [7, 11) is 0. The van der Waals surface area contributed by atoms with Crippen molar-refractivity contribution < 1.29 is 24.0 Å². The van der Waals surface area contributed by atoms with Crippen molar-refractivity contribution in [3.05, 3.63) is 77.9 Å². The number of benzene rings is 2. The number of primary amides is 1. The van der Waals surface area contributed by atoms with E-state index < -0.39 is 59.9 Å². The number of carbonyl (C=O) groups is 5. The van der Waals surface area contributed by atoms with Crippen molar-refractivity contribution >= 4 is 29.3 Å². The summed E-state index contributed by atoms with van der Waals surface area (Å²) in [6.07, 6.45) is 3.87. The lowest BCUT2D eigenvalue weighted by Crippen LogP contribution is -2.58. The quantitative estimate of drug-likeness (QED) is 0.0496. The van der Waals surface area contributed by atoms with E-state index in [4.69, 9.17) is 11.6 Å². The predicted octanol–water partition coefficient (Wildman–Crippen LogP) is 2.25. The third-order valence-electron chi connectivity index (χ3n) is 8.39. The molecule has 3 amide bonds. The van der Waals surface area contributed by atoms with Crippen molar-refractivity contribution in [2.24, 2.45) is 23.4 Å². The van der Waals surface area contributed by atoms with Crippen molar-refractivity contribution in [1.29, 1.82) is 0 Å². The zero-order chi connectivity index (χ0) is 36.8. The molecule has 0 saturated heterocycles. The minimum atomic E-state index is -1.41. The Balaban J connectivity index is 1.87. The molecule has 1 heterocycles. The molecular formula is C37H52N8O5. The van der Waals surface area contributed by atoms with Crippen LogP contribution in [0.3, 0.4) is 0 Å². The van der Waals surface area contributed by atoms with Crippen molar-refractivity contribution in [1.82, 2.24) is 31.3 Å². The van der Waals surface area contributed by atoms with E-state index in [2.05, 4.69) is 50.4 Å². The summed E-state index contributed by atoms with van der Waals surface area (Å²) in [5, 5.41) is 8.47. The molecule has 1 unspecified atom stereocenters. The topological polar surface area (TPSA) is 214 Å². The molecule has 0 spiro atoms. The van der Waals surface area contributed by atoms with Gasteiger partial charge < -0.3 is 26.7 Å². The second-order valence-corrected chi connectivity index (χ2v) is 13.4. The van der Waals surface area contributed by atoms with Crippen LogP contribution < -0.4 is 33.0 Å². The van der Waals surface area contributed by atoms with Gasteiger partial charge in [0.05, 0.1) is 24.8 Å². The molecule has 3 aromatic rings. The van der Waals surface area contributed by atoms with Gasteiger partial charge in [-0.25, -0.2) is 10.4 Å². The zero-order valence-electron chi connectivity index (χ0n) is 29.6. The molecule has 0 fully saturated rings. The number of nitrogens with one attached hydrogen (secondary N) is 5. The van der Waals surface area contributed by atoms with Crippen LogP contribution in [0.4, 0.5) is 0 Å². The van der Waals surface area contributed by atoms with Crippen LogP contribution in [0.15, 0.2) is 61.1 Å². The summed E-state index contributed by atoms with van der Waals surface area (Å²) in [6.45, 7) is 10.1. The number of aryl methyl sites for hydroxylation is 1. The second kappa shape index (κ2) is 19.5. The monoisotopic (exact) mass is 688 g/mol. The van der Waals surface area contributed by atoms with Gasteiger partial charge in [0.15, 0.2) is 0 Å². The predicted molar refractivity (Wildman–Crippen MR) is 192 cm³/mol. The number of nitrogens with two attached hydrogens (primary N) is 2. The highest BCUT2D eigenvalue weighted by Gasteiger charge is 2.35. The number of ketones is 2. The van der Waals surface area contributed by atoms with Crippen molar-refractivity contribution in [3.63, 3.8) is 0 Å². The van der Waals surface area contributed by atoms with E-state index in [-0.39, 0.29) is 18.3 Å². The van der Waals surface area contributed by atoms with Crippen LogP contribution in [0.2, 0.25) is 0 Å². The van der Waals surface area contributed by atoms with Gasteiger partial charge >= 0.3 is 0 Å². The van der Waals surface area contributed by atoms with Gasteiger partial charge in [0.1, 0.15) is 12.1 Å². The average molecular weight is 689 g/mol. The van der Waals surface area contributed by atoms with Crippen LogP contribution in [0, 0.1) is 11.8 Å². The minimum Gasteiger partial charge on any atom is -0.370 e. The van der Waals surface area contributed by atoms with Crippen LogP contribution in [0.25, 0.3) is 11.1 Å². The summed E-state index contributed by atoms with van der Waals surface area (Å²) >= 11 is 0. The number of carbonyl (C=O) groups excluding carboxylic acids is 5.